The molecule has 3 heteroatoms. The normalized spacial score (nSPS) is 20.6. The first kappa shape index (κ1) is 12.9. The van der Waals surface area contributed by atoms with Crippen molar-refractivity contribution in [1.82, 2.24) is 5.32 Å². The Hall–Kier alpha value is -0.120. The Labute approximate surface area is 93.2 Å². The average molecular weight is 215 g/mol. The van der Waals surface area contributed by atoms with E-state index in [-0.39, 0.29) is 12.1 Å². The number of hydrogen-bond donors (Lipinski definition) is 2. The van der Waals surface area contributed by atoms with Crippen LogP contribution in [0.15, 0.2) is 0 Å². The maximum atomic E-state index is 9.37. The highest BCUT2D eigenvalue weighted by molar-refractivity contribution is 4.92. The van der Waals surface area contributed by atoms with Crippen molar-refractivity contribution in [2.24, 2.45) is 0 Å². The molecular weight excluding hydrogens is 190 g/mol. The van der Waals surface area contributed by atoms with Crippen molar-refractivity contribution < 1.29 is 9.84 Å². The zero-order valence-corrected chi connectivity index (χ0v) is 10.3. The van der Waals surface area contributed by atoms with Crippen LogP contribution in [0.2, 0.25) is 0 Å². The minimum Gasteiger partial charge on any atom is -0.394 e. The molecule has 3 nitrogen and oxygen atoms in total. The zero-order chi connectivity index (χ0) is 11.3. The minimum atomic E-state index is -0.110. The molecule has 1 atom stereocenters. The molecule has 1 saturated carbocycles. The van der Waals surface area contributed by atoms with Gasteiger partial charge in [-0.1, -0.05) is 0 Å². The Bertz CT molecular complexity index is 180. The fourth-order valence-corrected chi connectivity index (χ4v) is 1.70. The first-order valence-electron chi connectivity index (χ1n) is 6.06. The van der Waals surface area contributed by atoms with Crippen LogP contribution in [0.4, 0.5) is 0 Å². The number of hydrogen-bond acceptors (Lipinski definition) is 3. The molecule has 1 unspecified atom stereocenters. The van der Waals surface area contributed by atoms with Gasteiger partial charge in [0.25, 0.3) is 0 Å². The van der Waals surface area contributed by atoms with E-state index < -0.39 is 0 Å². The van der Waals surface area contributed by atoms with Crippen LogP contribution in [-0.4, -0.2) is 36.0 Å². The maximum Gasteiger partial charge on any atom is 0.0610 e. The fourth-order valence-electron chi connectivity index (χ4n) is 1.70. The van der Waals surface area contributed by atoms with Gasteiger partial charge in [0.1, 0.15) is 0 Å². The summed E-state index contributed by atoms with van der Waals surface area (Å²) in [4.78, 5) is 0. The maximum absolute atomic E-state index is 9.37. The largest absolute Gasteiger partial charge is 0.394 e. The number of nitrogens with one attached hydrogen (secondary N) is 1. The first-order chi connectivity index (χ1) is 7.06. The number of rotatable bonds is 8. The topological polar surface area (TPSA) is 41.5 Å². The monoisotopic (exact) mass is 215 g/mol. The summed E-state index contributed by atoms with van der Waals surface area (Å²) in [5.41, 5.74) is -0.110. The van der Waals surface area contributed by atoms with Crippen LogP contribution in [0.25, 0.3) is 0 Å². The van der Waals surface area contributed by atoms with Gasteiger partial charge >= 0.3 is 0 Å². The first-order valence-corrected chi connectivity index (χ1v) is 6.06. The van der Waals surface area contributed by atoms with E-state index in [0.29, 0.717) is 12.1 Å². The fraction of sp³-hybridized carbons (Fsp3) is 1.00. The van der Waals surface area contributed by atoms with E-state index in [4.69, 9.17) is 4.74 Å². The molecule has 2 N–H and O–H groups in total. The molecule has 0 spiro atoms. The Balaban J connectivity index is 2.13. The third kappa shape index (κ3) is 5.50. The summed E-state index contributed by atoms with van der Waals surface area (Å²) in [5.74, 6) is 0. The lowest BCUT2D eigenvalue weighted by Gasteiger charge is -2.29. The lowest BCUT2D eigenvalue weighted by atomic mass is 9.97. The molecule has 1 fully saturated rings. The van der Waals surface area contributed by atoms with Crippen LogP contribution in [0.1, 0.15) is 46.5 Å². The Morgan fingerprint density at radius 1 is 1.47 bits per heavy atom. The van der Waals surface area contributed by atoms with Gasteiger partial charge in [-0.2, -0.15) is 0 Å². The highest BCUT2D eigenvalue weighted by Gasteiger charge is 2.31. The Morgan fingerprint density at radius 3 is 2.60 bits per heavy atom. The van der Waals surface area contributed by atoms with E-state index in [1.807, 2.05) is 13.8 Å². The molecule has 1 rings (SSSR count). The van der Waals surface area contributed by atoms with Gasteiger partial charge in [-0.05, 0) is 46.5 Å². The summed E-state index contributed by atoms with van der Waals surface area (Å²) in [7, 11) is 0. The second-order valence-electron chi connectivity index (χ2n) is 5.16. The highest BCUT2D eigenvalue weighted by Crippen LogP contribution is 2.24. The molecule has 0 aromatic carbocycles. The molecule has 1 aliphatic carbocycles. The summed E-state index contributed by atoms with van der Waals surface area (Å²) in [6.45, 7) is 7.20. The van der Waals surface area contributed by atoms with Gasteiger partial charge in [0.15, 0.2) is 0 Å². The van der Waals surface area contributed by atoms with Crippen LogP contribution < -0.4 is 5.32 Å². The molecule has 0 radical (unpaired) electrons. The minimum absolute atomic E-state index is 0.110. The van der Waals surface area contributed by atoms with E-state index in [2.05, 4.69) is 12.2 Å². The highest BCUT2D eigenvalue weighted by atomic mass is 16.5. The quantitative estimate of drug-likeness (QED) is 0.605. The molecule has 0 aromatic rings. The van der Waals surface area contributed by atoms with E-state index in [9.17, 15) is 5.11 Å². The van der Waals surface area contributed by atoms with Crippen molar-refractivity contribution in [3.8, 4) is 0 Å². The van der Waals surface area contributed by atoms with E-state index in [0.717, 1.165) is 19.4 Å². The van der Waals surface area contributed by atoms with Crippen molar-refractivity contribution in [3.63, 3.8) is 0 Å². The van der Waals surface area contributed by atoms with Gasteiger partial charge in [0.05, 0.1) is 12.7 Å². The van der Waals surface area contributed by atoms with E-state index in [1.54, 1.807) is 0 Å². The molecule has 90 valence electrons. The van der Waals surface area contributed by atoms with Crippen molar-refractivity contribution in [2.45, 2.75) is 64.1 Å². The number of ether oxygens (including phenoxy) is 1. The van der Waals surface area contributed by atoms with Gasteiger partial charge in [-0.15, -0.1) is 0 Å². The Kier molecular flexibility index (Phi) is 5.03. The standard InChI is InChI=1S/C12H25NO2/c1-10(2)15-8-4-7-12(3,9-14)13-11-5-6-11/h10-11,13-14H,4-9H2,1-3H3. The molecule has 0 aliphatic heterocycles. The second-order valence-corrected chi connectivity index (χ2v) is 5.16. The molecule has 0 saturated heterocycles. The summed E-state index contributed by atoms with van der Waals surface area (Å²) in [6.07, 6.45) is 4.82. The smallest absolute Gasteiger partial charge is 0.0610 e. The van der Waals surface area contributed by atoms with Crippen LogP contribution in [0.3, 0.4) is 0 Å². The van der Waals surface area contributed by atoms with Gasteiger partial charge in [0.2, 0.25) is 0 Å². The summed E-state index contributed by atoms with van der Waals surface area (Å²) in [5, 5.41) is 12.9. The average Bonchev–Trinajstić information content (AvgIpc) is 2.96. The van der Waals surface area contributed by atoms with Gasteiger partial charge in [-0.3, -0.25) is 0 Å². The van der Waals surface area contributed by atoms with Gasteiger partial charge < -0.3 is 15.2 Å². The molecule has 0 heterocycles. The van der Waals surface area contributed by atoms with Gasteiger partial charge in [-0.25, -0.2) is 0 Å². The third-order valence-electron chi connectivity index (χ3n) is 2.80. The van der Waals surface area contributed by atoms with Gasteiger partial charge in [0, 0.05) is 18.2 Å². The van der Waals surface area contributed by atoms with Crippen LogP contribution >= 0.6 is 0 Å². The zero-order valence-electron chi connectivity index (χ0n) is 10.3. The summed E-state index contributed by atoms with van der Waals surface area (Å²) >= 11 is 0. The van der Waals surface area contributed by atoms with E-state index >= 15 is 0 Å². The molecular formula is C12H25NO2. The van der Waals surface area contributed by atoms with Crippen LogP contribution in [0.5, 0.6) is 0 Å². The van der Waals surface area contributed by atoms with Crippen molar-refractivity contribution >= 4 is 0 Å². The summed E-state index contributed by atoms with van der Waals surface area (Å²) < 4.78 is 5.49. The second kappa shape index (κ2) is 5.83. The molecule has 0 bridgehead atoms. The SMILES string of the molecule is CC(C)OCCCC(C)(CO)NC1CC1. The predicted molar refractivity (Wildman–Crippen MR) is 62.0 cm³/mol. The number of aliphatic hydroxyl groups excluding tert-OH is 1. The molecule has 15 heavy (non-hydrogen) atoms. The molecule has 0 aromatic heterocycles. The molecule has 1 aliphatic rings. The third-order valence-corrected chi connectivity index (χ3v) is 2.80. The number of aliphatic hydroxyl groups is 1. The van der Waals surface area contributed by atoms with Crippen LogP contribution in [-0.2, 0) is 4.74 Å². The van der Waals surface area contributed by atoms with Crippen molar-refractivity contribution in [3.05, 3.63) is 0 Å². The predicted octanol–water partition coefficient (Wildman–Crippen LogP) is 1.69. The lowest BCUT2D eigenvalue weighted by molar-refractivity contribution is 0.0666. The molecule has 0 amide bonds. The van der Waals surface area contributed by atoms with Crippen LogP contribution in [0, 0.1) is 0 Å². The Morgan fingerprint density at radius 2 is 2.13 bits per heavy atom. The summed E-state index contributed by atoms with van der Waals surface area (Å²) in [6, 6.07) is 0.646. The van der Waals surface area contributed by atoms with E-state index in [1.165, 1.54) is 12.8 Å². The van der Waals surface area contributed by atoms with Crippen molar-refractivity contribution in [1.29, 1.82) is 0 Å². The van der Waals surface area contributed by atoms with Crippen molar-refractivity contribution in [2.75, 3.05) is 13.2 Å². The lowest BCUT2D eigenvalue weighted by Crippen LogP contribution is -2.47.